The summed E-state index contributed by atoms with van der Waals surface area (Å²) >= 11 is 0. The fraction of sp³-hybridized carbons (Fsp3) is 0.778. The second-order valence-electron chi connectivity index (χ2n) is 11.6. The Kier molecular flexibility index (Phi) is 24.4. The third-order valence-corrected chi connectivity index (χ3v) is 9.53. The fourth-order valence-electron chi connectivity index (χ4n) is 4.99. The Morgan fingerprint density at radius 3 is 1.77 bits per heavy atom. The van der Waals surface area contributed by atoms with Gasteiger partial charge < -0.3 is 9.47 Å². The molecule has 0 aromatic heterocycles. The van der Waals surface area contributed by atoms with Crippen LogP contribution in [0.1, 0.15) is 153 Å². The van der Waals surface area contributed by atoms with Crippen LogP contribution in [0.15, 0.2) is 24.3 Å². The summed E-state index contributed by atoms with van der Waals surface area (Å²) in [7, 11) is 0.946. The molecule has 1 unspecified atom stereocenters. The quantitative estimate of drug-likeness (QED) is 0.0461. The zero-order valence-corrected chi connectivity index (χ0v) is 27.8. The highest BCUT2D eigenvalue weighted by Gasteiger charge is 2.09. The smallest absolute Gasteiger partial charge is 0.157 e. The zero-order valence-electron chi connectivity index (χ0n) is 26.8. The monoisotopic (exact) mass is 560 g/mol. The zero-order chi connectivity index (χ0) is 28.4. The van der Waals surface area contributed by atoms with Gasteiger partial charge in [-0.05, 0) is 100 Å². The first-order chi connectivity index (χ1) is 19.1. The van der Waals surface area contributed by atoms with Crippen LogP contribution in [0.4, 0.5) is 0 Å². The fourth-order valence-corrected chi connectivity index (χ4v) is 6.29. The molecule has 226 valence electrons. The number of ether oxygens (including phenoxy) is 2. The third-order valence-electron chi connectivity index (χ3n) is 8.00. The van der Waals surface area contributed by atoms with Crippen molar-refractivity contribution in [3.8, 4) is 0 Å². The normalized spacial score (nSPS) is 12.2. The predicted octanol–water partition coefficient (Wildman–Crippen LogP) is 11.3. The van der Waals surface area contributed by atoms with Crippen LogP contribution in [0.25, 0.3) is 0 Å². The van der Waals surface area contributed by atoms with Gasteiger partial charge in [-0.3, -0.25) is 0 Å². The predicted molar refractivity (Wildman–Crippen MR) is 177 cm³/mol. The summed E-state index contributed by atoms with van der Waals surface area (Å²) in [6, 6.07) is 4.63. The molecule has 0 fully saturated rings. The second-order valence-corrected chi connectivity index (χ2v) is 13.0. The molecule has 1 rings (SSSR count). The van der Waals surface area contributed by atoms with Crippen LogP contribution in [0.5, 0.6) is 0 Å². The van der Waals surface area contributed by atoms with Crippen LogP contribution in [0, 0.1) is 20.8 Å². The minimum absolute atomic E-state index is 0.00797. The Hall–Kier alpha value is -0.690. The number of rotatable bonds is 27. The molecule has 0 bridgehead atoms. The van der Waals surface area contributed by atoms with E-state index in [0.29, 0.717) is 0 Å². The molecule has 0 amide bonds. The molecule has 0 aliphatic rings. The topological polar surface area (TPSA) is 18.5 Å². The number of hydrogen-bond donors (Lipinski definition) is 0. The van der Waals surface area contributed by atoms with Crippen molar-refractivity contribution < 1.29 is 9.47 Å². The molecule has 3 heteroatoms. The van der Waals surface area contributed by atoms with Crippen molar-refractivity contribution in [1.82, 2.24) is 0 Å². The molecule has 0 saturated heterocycles. The molecule has 1 aromatic rings. The summed E-state index contributed by atoms with van der Waals surface area (Å²) in [5.74, 6) is 0. The highest BCUT2D eigenvalue weighted by Crippen LogP contribution is 2.20. The Morgan fingerprint density at radius 2 is 1.15 bits per heavy atom. The maximum Gasteiger partial charge on any atom is 0.157 e. The van der Waals surface area contributed by atoms with Gasteiger partial charge in [0.1, 0.15) is 0 Å². The van der Waals surface area contributed by atoms with Gasteiger partial charge in [0.15, 0.2) is 6.29 Å². The Bertz CT molecular complexity index is 696. The van der Waals surface area contributed by atoms with Crippen molar-refractivity contribution in [2.75, 3.05) is 19.4 Å². The molecule has 0 saturated carbocycles. The Balaban J connectivity index is 2.14. The standard InChI is InChI=1S/C36H65O2P/c1-6-8-10-12-19-23-29-37-36(38-30-24-20-13-11-9-7-2)26-22-18-16-14-15-17-21-25-31-39-35-28-27-32(3)33(4)34(35)5/h15,17,27-28,36,39H,6-14,16,18-26,29-31H2,1-5H3. The van der Waals surface area contributed by atoms with Crippen molar-refractivity contribution in [2.45, 2.75) is 163 Å². The van der Waals surface area contributed by atoms with Gasteiger partial charge in [0.05, 0.1) is 0 Å². The van der Waals surface area contributed by atoms with Crippen molar-refractivity contribution in [3.05, 3.63) is 41.0 Å². The maximum atomic E-state index is 6.19. The van der Waals surface area contributed by atoms with E-state index in [4.69, 9.17) is 9.47 Å². The van der Waals surface area contributed by atoms with Crippen LogP contribution in [0.2, 0.25) is 0 Å². The average Bonchev–Trinajstić information content (AvgIpc) is 2.94. The van der Waals surface area contributed by atoms with Gasteiger partial charge in [0.2, 0.25) is 0 Å². The van der Waals surface area contributed by atoms with Crippen molar-refractivity contribution >= 4 is 13.9 Å². The van der Waals surface area contributed by atoms with Gasteiger partial charge in [-0.15, -0.1) is 0 Å². The molecule has 0 N–H and O–H groups in total. The van der Waals surface area contributed by atoms with Crippen LogP contribution in [-0.2, 0) is 9.47 Å². The molecule has 0 radical (unpaired) electrons. The number of benzene rings is 1. The Labute approximate surface area is 246 Å². The SMILES string of the molecule is CCCCCCCCOC(CCCCCC=CCCCPc1ccc(C)c(C)c1C)OCCCCCCCC. The molecule has 0 heterocycles. The number of hydrogen-bond acceptors (Lipinski definition) is 2. The van der Waals surface area contributed by atoms with Gasteiger partial charge in [-0.1, -0.05) is 117 Å². The molecule has 2 nitrogen and oxygen atoms in total. The number of allylic oxidation sites excluding steroid dienone is 2. The van der Waals surface area contributed by atoms with E-state index in [-0.39, 0.29) is 6.29 Å². The average molecular weight is 561 g/mol. The van der Waals surface area contributed by atoms with E-state index >= 15 is 0 Å². The third kappa shape index (κ3) is 19.9. The van der Waals surface area contributed by atoms with Gasteiger partial charge in [-0.25, -0.2) is 0 Å². The molecule has 1 atom stereocenters. The summed E-state index contributed by atoms with van der Waals surface area (Å²) in [5, 5.41) is 1.56. The van der Waals surface area contributed by atoms with Gasteiger partial charge >= 0.3 is 0 Å². The molecule has 0 aliphatic carbocycles. The lowest BCUT2D eigenvalue weighted by Gasteiger charge is -2.19. The van der Waals surface area contributed by atoms with Crippen LogP contribution in [0.3, 0.4) is 0 Å². The first-order valence-corrected chi connectivity index (χ1v) is 18.0. The van der Waals surface area contributed by atoms with Crippen LogP contribution in [-0.4, -0.2) is 25.7 Å². The highest BCUT2D eigenvalue weighted by molar-refractivity contribution is 7.47. The second kappa shape index (κ2) is 26.2. The summed E-state index contributed by atoms with van der Waals surface area (Å²) in [6.07, 6.45) is 30.4. The van der Waals surface area contributed by atoms with Gasteiger partial charge in [-0.2, -0.15) is 0 Å². The summed E-state index contributed by atoms with van der Waals surface area (Å²) in [5.41, 5.74) is 4.40. The molecular weight excluding hydrogens is 495 g/mol. The summed E-state index contributed by atoms with van der Waals surface area (Å²) in [4.78, 5) is 0. The summed E-state index contributed by atoms with van der Waals surface area (Å²) in [6.45, 7) is 13.0. The maximum absolute atomic E-state index is 6.19. The van der Waals surface area contributed by atoms with Crippen molar-refractivity contribution in [1.29, 1.82) is 0 Å². The van der Waals surface area contributed by atoms with Gasteiger partial charge in [0.25, 0.3) is 0 Å². The first-order valence-electron chi connectivity index (χ1n) is 16.8. The highest BCUT2D eigenvalue weighted by atomic mass is 31.1. The van der Waals surface area contributed by atoms with Crippen LogP contribution >= 0.6 is 8.58 Å². The van der Waals surface area contributed by atoms with E-state index in [2.05, 4.69) is 58.9 Å². The Morgan fingerprint density at radius 1 is 0.615 bits per heavy atom. The van der Waals surface area contributed by atoms with E-state index in [1.165, 1.54) is 138 Å². The minimum atomic E-state index is 0.00797. The minimum Gasteiger partial charge on any atom is -0.353 e. The first kappa shape index (κ1) is 36.3. The van der Waals surface area contributed by atoms with E-state index in [1.54, 1.807) is 5.30 Å². The van der Waals surface area contributed by atoms with E-state index < -0.39 is 0 Å². The molecular formula is C36H65O2P. The summed E-state index contributed by atoms with van der Waals surface area (Å²) < 4.78 is 12.4. The van der Waals surface area contributed by atoms with E-state index in [0.717, 1.165) is 28.2 Å². The van der Waals surface area contributed by atoms with E-state index in [1.807, 2.05) is 0 Å². The van der Waals surface area contributed by atoms with Crippen molar-refractivity contribution in [3.63, 3.8) is 0 Å². The molecule has 1 aromatic carbocycles. The largest absolute Gasteiger partial charge is 0.353 e. The lowest BCUT2D eigenvalue weighted by atomic mass is 10.1. The lowest BCUT2D eigenvalue weighted by molar-refractivity contribution is -0.148. The number of aryl methyl sites for hydroxylation is 1. The van der Waals surface area contributed by atoms with Crippen LogP contribution < -0.4 is 5.30 Å². The molecule has 0 aliphatic heterocycles. The van der Waals surface area contributed by atoms with E-state index in [9.17, 15) is 0 Å². The number of unbranched alkanes of at least 4 members (excludes halogenated alkanes) is 14. The molecule has 39 heavy (non-hydrogen) atoms. The van der Waals surface area contributed by atoms with Gasteiger partial charge in [0, 0.05) is 13.2 Å². The van der Waals surface area contributed by atoms with Crippen molar-refractivity contribution in [2.24, 2.45) is 0 Å². The lowest BCUT2D eigenvalue weighted by Crippen LogP contribution is -2.19. The molecule has 0 spiro atoms.